The molecule has 10 heteroatoms. The Morgan fingerprint density at radius 3 is 2.77 bits per heavy atom. The second-order valence-electron chi connectivity index (χ2n) is 7.85. The molecular weight excluding hydrogens is 399 g/mol. The Labute approximate surface area is 180 Å². The van der Waals surface area contributed by atoms with Crippen molar-refractivity contribution in [3.8, 4) is 6.01 Å². The third-order valence-corrected chi connectivity index (χ3v) is 5.40. The normalized spacial score (nSPS) is 15.4. The van der Waals surface area contributed by atoms with Crippen LogP contribution in [0.1, 0.15) is 36.6 Å². The van der Waals surface area contributed by atoms with Gasteiger partial charge in [-0.2, -0.15) is 4.98 Å². The molecule has 3 aromatic heterocycles. The smallest absolute Gasteiger partial charge is 0.336 e. The number of ether oxygens (including phenoxy) is 1. The summed E-state index contributed by atoms with van der Waals surface area (Å²) in [7, 11) is 0. The number of nitrogens with one attached hydrogen (secondary N) is 1. The lowest BCUT2D eigenvalue weighted by Crippen LogP contribution is -2.44. The molecule has 3 aromatic rings. The number of nitrogen functional groups attached to an aromatic ring is 1. The third-order valence-electron chi connectivity index (χ3n) is 5.40. The molecule has 1 aliphatic heterocycles. The number of pyridine rings is 1. The fraction of sp³-hybridized carbons (Fsp3) is 0.524. The third kappa shape index (κ3) is 4.68. The summed E-state index contributed by atoms with van der Waals surface area (Å²) in [6.07, 6.45) is 5.00. The van der Waals surface area contributed by atoms with Gasteiger partial charge in [-0.05, 0) is 24.5 Å². The minimum atomic E-state index is -0.601. The van der Waals surface area contributed by atoms with Gasteiger partial charge in [-0.1, -0.05) is 19.4 Å². The van der Waals surface area contributed by atoms with Crippen LogP contribution in [-0.4, -0.2) is 63.5 Å². The van der Waals surface area contributed by atoms with E-state index in [1.54, 1.807) is 10.7 Å². The van der Waals surface area contributed by atoms with E-state index in [0.29, 0.717) is 18.5 Å². The highest BCUT2D eigenvalue weighted by molar-refractivity contribution is 5.60. The van der Waals surface area contributed by atoms with Crippen LogP contribution in [0, 0.1) is 6.92 Å². The van der Waals surface area contributed by atoms with E-state index in [1.807, 2.05) is 13.1 Å². The minimum Gasteiger partial charge on any atom is -0.456 e. The van der Waals surface area contributed by atoms with Crippen molar-refractivity contribution in [1.82, 2.24) is 29.9 Å². The molecule has 1 saturated heterocycles. The summed E-state index contributed by atoms with van der Waals surface area (Å²) in [4.78, 5) is 15.5. The summed E-state index contributed by atoms with van der Waals surface area (Å²) in [5.41, 5.74) is 9.52. The van der Waals surface area contributed by atoms with E-state index in [1.165, 1.54) is 0 Å². The highest BCUT2D eigenvalue weighted by Crippen LogP contribution is 2.22. The summed E-state index contributed by atoms with van der Waals surface area (Å²) < 4.78 is 20.5. The summed E-state index contributed by atoms with van der Waals surface area (Å²) in [5.74, 6) is 1.23. The van der Waals surface area contributed by atoms with Crippen LogP contribution < -0.4 is 20.7 Å². The Kier molecular flexibility index (Phi) is 6.45. The summed E-state index contributed by atoms with van der Waals surface area (Å²) in [6, 6.07) is 2.20. The molecule has 1 aliphatic rings. The van der Waals surface area contributed by atoms with Gasteiger partial charge in [0.1, 0.15) is 18.6 Å². The molecule has 0 spiro atoms. The monoisotopic (exact) mass is 428 g/mol. The number of halogens is 1. The molecular formula is C21H29FN8O. The van der Waals surface area contributed by atoms with Gasteiger partial charge in [-0.25, -0.2) is 18.9 Å². The Hall–Kier alpha value is -3.01. The zero-order valence-electron chi connectivity index (χ0n) is 18.0. The van der Waals surface area contributed by atoms with Crippen LogP contribution in [0.25, 0.3) is 5.65 Å². The molecule has 4 heterocycles. The first kappa shape index (κ1) is 21.2. The average Bonchev–Trinajstić information content (AvgIpc) is 3.17. The molecule has 0 unspecified atom stereocenters. The topological polar surface area (TPSA) is 106 Å². The minimum absolute atomic E-state index is 0.0590. The molecule has 0 saturated carbocycles. The molecule has 1 atom stereocenters. The van der Waals surface area contributed by atoms with Crippen LogP contribution >= 0.6 is 0 Å². The predicted octanol–water partition coefficient (Wildman–Crippen LogP) is 1.93. The maximum Gasteiger partial charge on any atom is 0.336 e. The van der Waals surface area contributed by atoms with Crippen LogP contribution in [0.2, 0.25) is 0 Å². The number of alkyl halides is 1. The second kappa shape index (κ2) is 9.42. The number of aryl methyl sites for hydroxylation is 1. The van der Waals surface area contributed by atoms with E-state index in [9.17, 15) is 4.39 Å². The summed E-state index contributed by atoms with van der Waals surface area (Å²) in [5, 5.41) is 7.78. The fourth-order valence-corrected chi connectivity index (χ4v) is 3.88. The average molecular weight is 429 g/mol. The van der Waals surface area contributed by atoms with E-state index in [4.69, 9.17) is 15.5 Å². The van der Waals surface area contributed by atoms with E-state index < -0.39 is 12.8 Å². The first-order chi connectivity index (χ1) is 15.1. The number of hydrogen-bond acceptors (Lipinski definition) is 8. The van der Waals surface area contributed by atoms with Crippen molar-refractivity contribution in [2.75, 3.05) is 43.5 Å². The fourth-order valence-electron chi connectivity index (χ4n) is 3.88. The lowest BCUT2D eigenvalue weighted by molar-refractivity contribution is 0.139. The van der Waals surface area contributed by atoms with Crippen LogP contribution in [0.15, 0.2) is 18.5 Å². The lowest BCUT2D eigenvalue weighted by Gasteiger charge is -2.29. The van der Waals surface area contributed by atoms with E-state index in [0.717, 1.165) is 55.2 Å². The largest absolute Gasteiger partial charge is 0.456 e. The van der Waals surface area contributed by atoms with Gasteiger partial charge >= 0.3 is 6.01 Å². The molecule has 0 amide bonds. The summed E-state index contributed by atoms with van der Waals surface area (Å²) >= 11 is 0. The SMILES string of the molecule is CCC[C@@H](CF)Oc1nc(N)c2ncc(Cc3cnc(N4CCNCC4)c(C)c3)n2n1. The van der Waals surface area contributed by atoms with Crippen molar-refractivity contribution in [3.05, 3.63) is 35.3 Å². The van der Waals surface area contributed by atoms with Gasteiger partial charge in [-0.15, -0.1) is 5.10 Å². The Bertz CT molecular complexity index is 1030. The molecule has 3 N–H and O–H groups in total. The summed E-state index contributed by atoms with van der Waals surface area (Å²) in [6.45, 7) is 7.31. The molecule has 1 fully saturated rings. The van der Waals surface area contributed by atoms with E-state index in [-0.39, 0.29) is 11.8 Å². The predicted molar refractivity (Wildman–Crippen MR) is 117 cm³/mol. The number of imidazole rings is 1. The molecule has 166 valence electrons. The van der Waals surface area contributed by atoms with Crippen molar-refractivity contribution < 1.29 is 9.13 Å². The second-order valence-corrected chi connectivity index (χ2v) is 7.85. The van der Waals surface area contributed by atoms with E-state index >= 15 is 0 Å². The highest BCUT2D eigenvalue weighted by Gasteiger charge is 2.17. The van der Waals surface area contributed by atoms with Crippen LogP contribution in [0.4, 0.5) is 16.0 Å². The number of aromatic nitrogens is 5. The maximum atomic E-state index is 13.2. The zero-order chi connectivity index (χ0) is 21.8. The first-order valence-corrected chi connectivity index (χ1v) is 10.7. The van der Waals surface area contributed by atoms with Crippen LogP contribution in [0.3, 0.4) is 0 Å². The quantitative estimate of drug-likeness (QED) is 0.561. The first-order valence-electron chi connectivity index (χ1n) is 10.7. The van der Waals surface area contributed by atoms with Gasteiger partial charge in [0.05, 0.1) is 11.9 Å². The lowest BCUT2D eigenvalue weighted by atomic mass is 10.1. The number of nitrogens with zero attached hydrogens (tertiary/aromatic N) is 6. The maximum absolute atomic E-state index is 13.2. The molecule has 0 radical (unpaired) electrons. The Morgan fingerprint density at radius 2 is 2.06 bits per heavy atom. The zero-order valence-corrected chi connectivity index (χ0v) is 18.0. The molecule has 0 bridgehead atoms. The van der Waals surface area contributed by atoms with Gasteiger partial charge in [-0.3, -0.25) is 0 Å². The van der Waals surface area contributed by atoms with Crippen molar-refractivity contribution in [3.63, 3.8) is 0 Å². The van der Waals surface area contributed by atoms with Gasteiger partial charge in [0.2, 0.25) is 0 Å². The number of hydrogen-bond donors (Lipinski definition) is 2. The number of fused-ring (bicyclic) bond motifs is 1. The van der Waals surface area contributed by atoms with Crippen LogP contribution in [0.5, 0.6) is 6.01 Å². The standard InChI is InChI=1S/C21H29FN8O/c1-3-4-17(11-22)31-21-27-18(23)20-26-13-16(30(20)28-21)10-15-9-14(2)19(25-12-15)29-7-5-24-6-8-29/h9,12-13,17,24H,3-8,10-11H2,1-2H3,(H2,23,27,28)/t17-/m0/s1. The number of piperazine rings is 1. The van der Waals surface area contributed by atoms with Gasteiger partial charge < -0.3 is 20.7 Å². The highest BCUT2D eigenvalue weighted by atomic mass is 19.1. The number of nitrogens with two attached hydrogens (primary N) is 1. The Balaban J connectivity index is 1.57. The van der Waals surface area contributed by atoms with Gasteiger partial charge in [0.15, 0.2) is 11.5 Å². The van der Waals surface area contributed by atoms with Crippen molar-refractivity contribution in [1.29, 1.82) is 0 Å². The van der Waals surface area contributed by atoms with Crippen LogP contribution in [-0.2, 0) is 6.42 Å². The molecule has 31 heavy (non-hydrogen) atoms. The van der Waals surface area contributed by atoms with Crippen molar-refractivity contribution >= 4 is 17.3 Å². The molecule has 0 aromatic carbocycles. The molecule has 0 aliphatic carbocycles. The van der Waals surface area contributed by atoms with Crippen molar-refractivity contribution in [2.45, 2.75) is 39.2 Å². The number of anilines is 2. The van der Waals surface area contributed by atoms with Crippen molar-refractivity contribution in [2.24, 2.45) is 0 Å². The molecule has 9 nitrogen and oxygen atoms in total. The van der Waals surface area contributed by atoms with Gasteiger partial charge in [0.25, 0.3) is 0 Å². The van der Waals surface area contributed by atoms with E-state index in [2.05, 4.69) is 38.3 Å². The Morgan fingerprint density at radius 1 is 1.26 bits per heavy atom. The van der Waals surface area contributed by atoms with Gasteiger partial charge in [0, 0.05) is 38.8 Å². The molecule has 4 rings (SSSR count). The number of rotatable bonds is 8.